The van der Waals surface area contributed by atoms with E-state index in [1.165, 1.54) is 0 Å². The minimum Gasteiger partial charge on any atom is -0.496 e. The van der Waals surface area contributed by atoms with Gasteiger partial charge in [0.15, 0.2) is 0 Å². The molecule has 2 aromatic rings. The van der Waals surface area contributed by atoms with Crippen molar-refractivity contribution < 1.29 is 14.6 Å². The van der Waals surface area contributed by atoms with E-state index < -0.39 is 12.0 Å². The van der Waals surface area contributed by atoms with Gasteiger partial charge in [-0.3, -0.25) is 14.7 Å². The maximum Gasteiger partial charge on any atom is 0.325 e. The smallest absolute Gasteiger partial charge is 0.325 e. The van der Waals surface area contributed by atoms with Crippen molar-refractivity contribution in [2.45, 2.75) is 13.0 Å². The number of anilines is 1. The molecule has 1 N–H and O–H groups in total. The normalized spacial score (nSPS) is 16.5. The fourth-order valence-corrected chi connectivity index (χ4v) is 3.37. The van der Waals surface area contributed by atoms with Crippen LogP contribution >= 0.6 is 0 Å². The molecule has 1 saturated heterocycles. The van der Waals surface area contributed by atoms with E-state index in [0.29, 0.717) is 13.1 Å². The van der Waals surface area contributed by atoms with Crippen LogP contribution in [-0.4, -0.2) is 54.2 Å². The van der Waals surface area contributed by atoms with Crippen LogP contribution in [0, 0.1) is 6.92 Å². The number of rotatable bonds is 5. The Morgan fingerprint density at radius 2 is 1.84 bits per heavy atom. The Morgan fingerprint density at radius 3 is 2.40 bits per heavy atom. The van der Waals surface area contributed by atoms with Gasteiger partial charge in [0.05, 0.1) is 7.11 Å². The number of hydrogen-bond acceptors (Lipinski definition) is 5. The van der Waals surface area contributed by atoms with E-state index in [1.807, 2.05) is 42.2 Å². The number of pyridine rings is 1. The monoisotopic (exact) mass is 341 g/mol. The Bertz CT molecular complexity index is 728. The summed E-state index contributed by atoms with van der Waals surface area (Å²) in [5, 5.41) is 9.78. The van der Waals surface area contributed by atoms with Crippen molar-refractivity contribution in [3.05, 3.63) is 53.9 Å². The molecule has 3 rings (SSSR count). The van der Waals surface area contributed by atoms with Crippen LogP contribution in [0.3, 0.4) is 0 Å². The first kappa shape index (κ1) is 17.2. The van der Waals surface area contributed by atoms with Gasteiger partial charge in [-0.1, -0.05) is 12.1 Å². The molecule has 0 radical (unpaired) electrons. The number of ether oxygens (including phenoxy) is 1. The lowest BCUT2D eigenvalue weighted by Gasteiger charge is -2.39. The van der Waals surface area contributed by atoms with Gasteiger partial charge in [-0.05, 0) is 36.2 Å². The number of nitrogens with zero attached hydrogens (tertiary/aromatic N) is 3. The number of aromatic nitrogens is 1. The highest BCUT2D eigenvalue weighted by Crippen LogP contribution is 2.28. The summed E-state index contributed by atoms with van der Waals surface area (Å²) >= 11 is 0. The van der Waals surface area contributed by atoms with E-state index in [9.17, 15) is 9.90 Å². The lowest BCUT2D eigenvalue weighted by atomic mass is 10.0. The van der Waals surface area contributed by atoms with Crippen molar-refractivity contribution in [1.82, 2.24) is 9.88 Å². The summed E-state index contributed by atoms with van der Waals surface area (Å²) in [5.74, 6) is -0.0441. The van der Waals surface area contributed by atoms with Gasteiger partial charge in [0.1, 0.15) is 11.8 Å². The summed E-state index contributed by atoms with van der Waals surface area (Å²) in [6.45, 7) is 4.92. The molecule has 1 aliphatic heterocycles. The fourth-order valence-electron chi connectivity index (χ4n) is 3.37. The van der Waals surface area contributed by atoms with E-state index in [1.54, 1.807) is 19.5 Å². The first-order valence-electron chi connectivity index (χ1n) is 8.36. The molecule has 6 heteroatoms. The largest absolute Gasteiger partial charge is 0.496 e. The quantitative estimate of drug-likeness (QED) is 0.900. The first-order chi connectivity index (χ1) is 12.1. The maximum atomic E-state index is 11.9. The van der Waals surface area contributed by atoms with Gasteiger partial charge in [0.2, 0.25) is 0 Å². The van der Waals surface area contributed by atoms with Crippen LogP contribution in [0.5, 0.6) is 5.75 Å². The van der Waals surface area contributed by atoms with Gasteiger partial charge in [-0.2, -0.15) is 0 Å². The van der Waals surface area contributed by atoms with Crippen LogP contribution in [0.15, 0.2) is 42.7 Å². The molecule has 0 amide bonds. The predicted molar refractivity (Wildman–Crippen MR) is 96.1 cm³/mol. The number of piperazine rings is 1. The maximum absolute atomic E-state index is 11.9. The Kier molecular flexibility index (Phi) is 5.19. The molecule has 1 aromatic carbocycles. The number of carboxylic acid groups (broad SMARTS) is 1. The Balaban J connectivity index is 1.74. The van der Waals surface area contributed by atoms with Gasteiger partial charge in [-0.15, -0.1) is 0 Å². The molecule has 132 valence electrons. The van der Waals surface area contributed by atoms with E-state index in [4.69, 9.17) is 4.74 Å². The Morgan fingerprint density at radius 1 is 1.16 bits per heavy atom. The molecule has 1 aliphatic rings. The highest BCUT2D eigenvalue weighted by molar-refractivity contribution is 5.76. The van der Waals surface area contributed by atoms with E-state index in [2.05, 4.69) is 9.88 Å². The van der Waals surface area contributed by atoms with Crippen molar-refractivity contribution in [2.75, 3.05) is 38.2 Å². The summed E-state index contributed by atoms with van der Waals surface area (Å²) in [4.78, 5) is 20.3. The molecule has 1 atom stereocenters. The number of methoxy groups -OCH3 is 1. The second kappa shape index (κ2) is 7.53. The van der Waals surface area contributed by atoms with Gasteiger partial charge in [0, 0.05) is 44.3 Å². The third-order valence-corrected chi connectivity index (χ3v) is 4.68. The summed E-state index contributed by atoms with van der Waals surface area (Å²) in [6.07, 6.45) is 3.56. The minimum absolute atomic E-state index is 0.635. The van der Waals surface area contributed by atoms with Crippen LogP contribution in [0.4, 0.5) is 5.69 Å². The molecule has 0 unspecified atom stereocenters. The zero-order valence-electron chi connectivity index (χ0n) is 14.6. The number of aryl methyl sites for hydroxylation is 1. The third kappa shape index (κ3) is 3.74. The number of benzene rings is 1. The summed E-state index contributed by atoms with van der Waals surface area (Å²) in [7, 11) is 1.62. The summed E-state index contributed by atoms with van der Waals surface area (Å²) < 4.78 is 5.28. The molecular weight excluding hydrogens is 318 g/mol. The van der Waals surface area contributed by atoms with Crippen LogP contribution in [0.25, 0.3) is 0 Å². The number of hydrogen-bond donors (Lipinski definition) is 1. The van der Waals surface area contributed by atoms with Crippen molar-refractivity contribution in [3.63, 3.8) is 0 Å². The zero-order chi connectivity index (χ0) is 17.8. The fraction of sp³-hybridized carbons (Fsp3) is 0.368. The van der Waals surface area contributed by atoms with E-state index >= 15 is 0 Å². The molecular formula is C19H23N3O3. The molecule has 1 fully saturated rings. The molecule has 0 saturated carbocycles. The van der Waals surface area contributed by atoms with Crippen molar-refractivity contribution >= 4 is 11.7 Å². The molecule has 0 bridgehead atoms. The highest BCUT2D eigenvalue weighted by Gasteiger charge is 2.30. The predicted octanol–water partition coefficient (Wildman–Crippen LogP) is 2.35. The Hall–Kier alpha value is -2.60. The molecule has 0 spiro atoms. The molecule has 2 heterocycles. The van der Waals surface area contributed by atoms with Gasteiger partial charge in [-0.25, -0.2) is 0 Å². The molecule has 6 nitrogen and oxygen atoms in total. The third-order valence-electron chi connectivity index (χ3n) is 4.68. The minimum atomic E-state index is -0.818. The SMILES string of the molecule is COc1ccc([C@H](C(=O)O)N2CCN(c3ccncc3)CC2)cc1C. The molecule has 25 heavy (non-hydrogen) atoms. The number of carboxylic acids is 1. The highest BCUT2D eigenvalue weighted by atomic mass is 16.5. The summed E-state index contributed by atoms with van der Waals surface area (Å²) in [6, 6.07) is 8.93. The average molecular weight is 341 g/mol. The van der Waals surface area contributed by atoms with E-state index in [0.717, 1.165) is 35.7 Å². The topological polar surface area (TPSA) is 65.9 Å². The van der Waals surface area contributed by atoms with Crippen molar-refractivity contribution in [1.29, 1.82) is 0 Å². The van der Waals surface area contributed by atoms with Crippen molar-refractivity contribution in [2.24, 2.45) is 0 Å². The van der Waals surface area contributed by atoms with Gasteiger partial charge < -0.3 is 14.7 Å². The number of aliphatic carboxylic acids is 1. The molecule has 1 aromatic heterocycles. The standard InChI is InChI=1S/C19H23N3O3/c1-14-13-15(3-4-17(14)25-2)18(19(23)24)22-11-9-21(10-12-22)16-5-7-20-8-6-16/h3-8,13,18H,9-12H2,1-2H3,(H,23,24)/t18-/m1/s1. The lowest BCUT2D eigenvalue weighted by molar-refractivity contribution is -0.143. The van der Waals surface area contributed by atoms with E-state index in [-0.39, 0.29) is 0 Å². The zero-order valence-corrected chi connectivity index (χ0v) is 14.6. The van der Waals surface area contributed by atoms with Crippen molar-refractivity contribution in [3.8, 4) is 5.75 Å². The Labute approximate surface area is 147 Å². The van der Waals surface area contributed by atoms with Crippen LogP contribution in [0.1, 0.15) is 17.2 Å². The summed E-state index contributed by atoms with van der Waals surface area (Å²) in [5.41, 5.74) is 2.87. The van der Waals surface area contributed by atoms with Crippen LogP contribution in [-0.2, 0) is 4.79 Å². The second-order valence-electron chi connectivity index (χ2n) is 6.20. The number of carbonyl (C=O) groups is 1. The second-order valence-corrected chi connectivity index (χ2v) is 6.20. The van der Waals surface area contributed by atoms with Gasteiger partial charge >= 0.3 is 5.97 Å². The average Bonchev–Trinajstić information content (AvgIpc) is 2.63. The van der Waals surface area contributed by atoms with Gasteiger partial charge in [0.25, 0.3) is 0 Å². The lowest BCUT2D eigenvalue weighted by Crippen LogP contribution is -2.49. The van der Waals surface area contributed by atoms with Crippen LogP contribution in [0.2, 0.25) is 0 Å². The van der Waals surface area contributed by atoms with Crippen LogP contribution < -0.4 is 9.64 Å². The molecule has 0 aliphatic carbocycles. The first-order valence-corrected chi connectivity index (χ1v) is 8.36.